The molecule has 1 aliphatic rings. The Bertz CT molecular complexity index is 693. The number of rotatable bonds is 2. The molecule has 1 fully saturated rings. The lowest BCUT2D eigenvalue weighted by Gasteiger charge is -2.18. The van der Waals surface area contributed by atoms with Gasteiger partial charge in [0.1, 0.15) is 18.3 Å². The van der Waals surface area contributed by atoms with E-state index in [0.29, 0.717) is 21.1 Å². The zero-order chi connectivity index (χ0) is 15.3. The minimum atomic E-state index is -1.26. The molecule has 0 unspecified atom stereocenters. The van der Waals surface area contributed by atoms with Crippen LogP contribution in [0.2, 0.25) is 15.3 Å². The maximum atomic E-state index is 10.1. The summed E-state index contributed by atoms with van der Waals surface area (Å²) < 4.78 is 6.86. The van der Waals surface area contributed by atoms with Crippen LogP contribution in [0, 0.1) is 0 Å². The van der Waals surface area contributed by atoms with E-state index in [9.17, 15) is 10.2 Å². The van der Waals surface area contributed by atoms with Gasteiger partial charge in [0.2, 0.25) is 5.28 Å². The highest BCUT2D eigenvalue weighted by Gasteiger charge is 2.44. The number of aliphatic hydroxyl groups excluding tert-OH is 3. The van der Waals surface area contributed by atoms with Gasteiger partial charge >= 0.3 is 0 Å². The molecule has 0 saturated carbocycles. The number of benzene rings is 1. The van der Waals surface area contributed by atoms with Crippen molar-refractivity contribution in [2.45, 2.75) is 24.5 Å². The number of fused-ring (bicyclic) bond motifs is 1. The normalized spacial score (nSPS) is 29.4. The molecule has 1 aliphatic heterocycles. The first-order chi connectivity index (χ1) is 9.93. The molecule has 114 valence electrons. The second-order valence-electron chi connectivity index (χ2n) is 4.73. The molecule has 3 N–H and O–H groups in total. The molecule has 6 nitrogen and oxygen atoms in total. The molecule has 0 spiro atoms. The summed E-state index contributed by atoms with van der Waals surface area (Å²) >= 11 is 18.0. The number of nitrogens with zero attached hydrogens (tertiary/aromatic N) is 2. The third-order valence-corrected chi connectivity index (χ3v) is 4.45. The van der Waals surface area contributed by atoms with Gasteiger partial charge in [-0.25, -0.2) is 4.98 Å². The fraction of sp³-hybridized carbons (Fsp3) is 0.417. The highest BCUT2D eigenvalue weighted by molar-refractivity contribution is 6.42. The quantitative estimate of drug-likeness (QED) is 0.763. The van der Waals surface area contributed by atoms with Crippen molar-refractivity contribution < 1.29 is 20.1 Å². The number of ether oxygens (including phenoxy) is 1. The topological polar surface area (TPSA) is 87.7 Å². The van der Waals surface area contributed by atoms with Crippen molar-refractivity contribution in [2.24, 2.45) is 0 Å². The molecule has 2 aromatic rings. The molecule has 0 radical (unpaired) electrons. The van der Waals surface area contributed by atoms with Crippen molar-refractivity contribution in [2.75, 3.05) is 6.61 Å². The van der Waals surface area contributed by atoms with Gasteiger partial charge in [-0.3, -0.25) is 4.57 Å². The van der Waals surface area contributed by atoms with Gasteiger partial charge in [0, 0.05) is 0 Å². The van der Waals surface area contributed by atoms with Crippen LogP contribution >= 0.6 is 34.8 Å². The summed E-state index contributed by atoms with van der Waals surface area (Å²) in [6.45, 7) is -0.425. The lowest BCUT2D eigenvalue weighted by molar-refractivity contribution is -0.0507. The van der Waals surface area contributed by atoms with Gasteiger partial charge < -0.3 is 20.1 Å². The van der Waals surface area contributed by atoms with Crippen molar-refractivity contribution in [3.05, 3.63) is 27.5 Å². The van der Waals surface area contributed by atoms with Gasteiger partial charge in [0.15, 0.2) is 6.23 Å². The fourth-order valence-corrected chi connectivity index (χ4v) is 2.99. The van der Waals surface area contributed by atoms with Crippen LogP contribution in [-0.4, -0.2) is 49.8 Å². The van der Waals surface area contributed by atoms with Crippen molar-refractivity contribution in [3.8, 4) is 0 Å². The average Bonchev–Trinajstić information content (AvgIpc) is 2.89. The zero-order valence-corrected chi connectivity index (χ0v) is 12.7. The SMILES string of the molecule is OC[C@H]1O[C@@H](n2c(Cl)nc3cc(Cl)c(Cl)cc32)[C@@H](O)[C@@H]1O. The molecule has 1 aromatic carbocycles. The van der Waals surface area contributed by atoms with E-state index in [1.54, 1.807) is 12.1 Å². The summed E-state index contributed by atoms with van der Waals surface area (Å²) in [6, 6.07) is 3.09. The van der Waals surface area contributed by atoms with Crippen LogP contribution in [0.4, 0.5) is 0 Å². The molecule has 0 bridgehead atoms. The molecule has 3 rings (SSSR count). The molecule has 1 aromatic heterocycles. The Balaban J connectivity index is 2.12. The van der Waals surface area contributed by atoms with Crippen LogP contribution in [0.15, 0.2) is 12.1 Å². The van der Waals surface area contributed by atoms with E-state index < -0.39 is 31.1 Å². The number of aliphatic hydroxyl groups is 3. The van der Waals surface area contributed by atoms with E-state index >= 15 is 0 Å². The predicted molar refractivity (Wildman–Crippen MR) is 77.8 cm³/mol. The highest BCUT2D eigenvalue weighted by atomic mass is 35.5. The second-order valence-corrected chi connectivity index (χ2v) is 5.89. The third-order valence-electron chi connectivity index (χ3n) is 3.46. The predicted octanol–water partition coefficient (Wildman–Crippen LogP) is 1.61. The standard InChI is InChI=1S/C12H11Cl3N2O4/c13-4-1-6-7(2-5(4)14)17(12(15)16-6)11-10(20)9(19)8(3-18)21-11/h1-2,8-11,18-20H,3H2/t8-,9-,10+,11-/m1/s1. The monoisotopic (exact) mass is 352 g/mol. The van der Waals surface area contributed by atoms with E-state index in [0.717, 1.165) is 0 Å². The van der Waals surface area contributed by atoms with Crippen LogP contribution in [0.1, 0.15) is 6.23 Å². The van der Waals surface area contributed by atoms with E-state index in [1.165, 1.54) is 4.57 Å². The molecule has 0 amide bonds. The van der Waals surface area contributed by atoms with Crippen LogP contribution in [-0.2, 0) is 4.74 Å². The van der Waals surface area contributed by atoms with E-state index in [2.05, 4.69) is 4.98 Å². The van der Waals surface area contributed by atoms with E-state index in [-0.39, 0.29) is 5.28 Å². The van der Waals surface area contributed by atoms with Gasteiger partial charge in [-0.15, -0.1) is 0 Å². The number of halogens is 3. The molecular weight excluding hydrogens is 343 g/mol. The summed E-state index contributed by atoms with van der Waals surface area (Å²) in [7, 11) is 0. The zero-order valence-electron chi connectivity index (χ0n) is 10.4. The first-order valence-corrected chi connectivity index (χ1v) is 7.22. The van der Waals surface area contributed by atoms with Gasteiger partial charge in [-0.05, 0) is 23.7 Å². The van der Waals surface area contributed by atoms with Crippen LogP contribution in [0.5, 0.6) is 0 Å². The highest BCUT2D eigenvalue weighted by Crippen LogP contribution is 2.36. The Morgan fingerprint density at radius 1 is 1.14 bits per heavy atom. The van der Waals surface area contributed by atoms with Gasteiger partial charge in [0.05, 0.1) is 27.7 Å². The van der Waals surface area contributed by atoms with Crippen LogP contribution in [0.3, 0.4) is 0 Å². The van der Waals surface area contributed by atoms with Gasteiger partial charge in [-0.1, -0.05) is 23.2 Å². The van der Waals surface area contributed by atoms with Crippen molar-refractivity contribution in [1.29, 1.82) is 0 Å². The number of aromatic nitrogens is 2. The Kier molecular flexibility index (Phi) is 4.04. The largest absolute Gasteiger partial charge is 0.394 e. The average molecular weight is 354 g/mol. The van der Waals surface area contributed by atoms with Gasteiger partial charge in [0.25, 0.3) is 0 Å². The summed E-state index contributed by atoms with van der Waals surface area (Å²) in [5.74, 6) is 0. The fourth-order valence-electron chi connectivity index (χ4n) is 2.40. The minimum Gasteiger partial charge on any atom is -0.394 e. The minimum absolute atomic E-state index is 0.0539. The second kappa shape index (κ2) is 5.55. The number of imidazole rings is 1. The first-order valence-electron chi connectivity index (χ1n) is 6.09. The van der Waals surface area contributed by atoms with E-state index in [1.807, 2.05) is 0 Å². The van der Waals surface area contributed by atoms with Crippen molar-refractivity contribution in [1.82, 2.24) is 9.55 Å². The maximum absolute atomic E-state index is 10.1. The Hall–Kier alpha value is -0.600. The Morgan fingerprint density at radius 2 is 1.81 bits per heavy atom. The molecular formula is C12H11Cl3N2O4. The number of hydrogen-bond donors (Lipinski definition) is 3. The summed E-state index contributed by atoms with van der Waals surface area (Å²) in [5.41, 5.74) is 0.983. The summed E-state index contributed by atoms with van der Waals surface area (Å²) in [6.07, 6.45) is -4.36. The molecule has 0 aliphatic carbocycles. The Morgan fingerprint density at radius 3 is 2.43 bits per heavy atom. The first kappa shape index (κ1) is 15.3. The molecule has 1 saturated heterocycles. The third kappa shape index (κ3) is 2.41. The molecule has 2 heterocycles. The van der Waals surface area contributed by atoms with Crippen LogP contribution in [0.25, 0.3) is 11.0 Å². The molecule has 9 heteroatoms. The summed E-state index contributed by atoms with van der Waals surface area (Å²) in [4.78, 5) is 4.12. The van der Waals surface area contributed by atoms with Crippen molar-refractivity contribution in [3.63, 3.8) is 0 Å². The summed E-state index contributed by atoms with van der Waals surface area (Å²) in [5, 5.41) is 29.7. The lowest BCUT2D eigenvalue weighted by Crippen LogP contribution is -2.33. The lowest BCUT2D eigenvalue weighted by atomic mass is 10.1. The van der Waals surface area contributed by atoms with Gasteiger partial charge in [-0.2, -0.15) is 0 Å². The van der Waals surface area contributed by atoms with Crippen molar-refractivity contribution >= 4 is 45.8 Å². The van der Waals surface area contributed by atoms with E-state index in [4.69, 9.17) is 44.6 Å². The molecule has 21 heavy (non-hydrogen) atoms. The number of hydrogen-bond acceptors (Lipinski definition) is 5. The maximum Gasteiger partial charge on any atom is 0.206 e. The Labute approximate surface area is 134 Å². The smallest absolute Gasteiger partial charge is 0.206 e. The van der Waals surface area contributed by atoms with Crippen LogP contribution < -0.4 is 0 Å². The molecule has 4 atom stereocenters.